The monoisotopic (exact) mass is 286 g/mol. The summed E-state index contributed by atoms with van der Waals surface area (Å²) < 4.78 is 0. The van der Waals surface area contributed by atoms with Crippen LogP contribution >= 0.6 is 11.6 Å². The Bertz CT molecular complexity index is 612. The Labute approximate surface area is 123 Å². The Morgan fingerprint density at radius 1 is 0.900 bits per heavy atom. The minimum absolute atomic E-state index is 0.0280. The first kappa shape index (κ1) is 14.5. The lowest BCUT2D eigenvalue weighted by molar-refractivity contribution is -0.116. The molecule has 0 aliphatic heterocycles. The minimum atomic E-state index is -0.0280. The van der Waals surface area contributed by atoms with Crippen LogP contribution in [0.3, 0.4) is 0 Å². The van der Waals surface area contributed by atoms with E-state index >= 15 is 0 Å². The number of hydrogen-bond acceptors (Lipinski definition) is 2. The summed E-state index contributed by atoms with van der Waals surface area (Å²) in [6.07, 6.45) is 1.25. The normalized spacial score (nSPS) is 10.3. The molecule has 0 heterocycles. The second-order valence-corrected chi connectivity index (χ2v) is 5.17. The van der Waals surface area contributed by atoms with E-state index in [2.05, 4.69) is 0 Å². The topological polar surface area (TPSA) is 34.1 Å². The maximum absolute atomic E-state index is 12.2. The number of hydrogen-bond donors (Lipinski definition) is 0. The highest BCUT2D eigenvalue weighted by atomic mass is 35.5. The van der Waals surface area contributed by atoms with Gasteiger partial charge in [0, 0.05) is 22.6 Å². The average molecular weight is 287 g/mol. The number of carbonyl (C=O) groups is 2. The van der Waals surface area contributed by atoms with Crippen LogP contribution < -0.4 is 0 Å². The van der Waals surface area contributed by atoms with E-state index in [9.17, 15) is 9.59 Å². The number of Topliss-reactive ketones (excluding diaryl/α,β-unsaturated/α-hetero) is 1. The van der Waals surface area contributed by atoms with Crippen LogP contribution in [-0.2, 0) is 11.2 Å². The fraction of sp³-hybridized carbons (Fsp3) is 0.176. The molecule has 0 atom stereocenters. The molecule has 0 aromatic heterocycles. The summed E-state index contributed by atoms with van der Waals surface area (Å²) in [4.78, 5) is 23.2. The zero-order valence-corrected chi connectivity index (χ0v) is 12.0. The first-order valence-electron chi connectivity index (χ1n) is 6.45. The molecule has 0 saturated carbocycles. The third-order valence-corrected chi connectivity index (χ3v) is 3.34. The highest BCUT2D eigenvalue weighted by Gasteiger charge is 2.08. The largest absolute Gasteiger partial charge is 0.300 e. The third-order valence-electron chi connectivity index (χ3n) is 3.09. The van der Waals surface area contributed by atoms with E-state index in [0.29, 0.717) is 29.0 Å². The lowest BCUT2D eigenvalue weighted by Gasteiger charge is -2.04. The molecule has 2 nitrogen and oxygen atoms in total. The Kier molecular flexibility index (Phi) is 4.70. The van der Waals surface area contributed by atoms with Gasteiger partial charge in [0.25, 0.3) is 0 Å². The molecule has 0 fully saturated rings. The van der Waals surface area contributed by atoms with Gasteiger partial charge in [-0.3, -0.25) is 4.79 Å². The van der Waals surface area contributed by atoms with Gasteiger partial charge in [0.1, 0.15) is 5.78 Å². The standard InChI is InChI=1S/C17H15ClO2/c1-12(19)2-3-13-4-6-14(7-5-13)17(20)15-8-10-16(18)11-9-15/h4-11H,2-3H2,1H3. The first-order chi connectivity index (χ1) is 9.56. The molecular weight excluding hydrogens is 272 g/mol. The smallest absolute Gasteiger partial charge is 0.193 e. The van der Waals surface area contributed by atoms with Gasteiger partial charge in [0.05, 0.1) is 0 Å². The van der Waals surface area contributed by atoms with Crippen molar-refractivity contribution >= 4 is 23.2 Å². The van der Waals surface area contributed by atoms with Crippen LogP contribution in [0.2, 0.25) is 5.02 Å². The van der Waals surface area contributed by atoms with Gasteiger partial charge in [-0.05, 0) is 43.2 Å². The second-order valence-electron chi connectivity index (χ2n) is 4.73. The molecule has 2 rings (SSSR count). The molecule has 0 unspecified atom stereocenters. The number of aryl methyl sites for hydroxylation is 1. The van der Waals surface area contributed by atoms with Gasteiger partial charge in [-0.25, -0.2) is 0 Å². The molecule has 0 N–H and O–H groups in total. The zero-order valence-electron chi connectivity index (χ0n) is 11.2. The van der Waals surface area contributed by atoms with Gasteiger partial charge in [-0.1, -0.05) is 35.9 Å². The van der Waals surface area contributed by atoms with Crippen molar-refractivity contribution in [3.63, 3.8) is 0 Å². The van der Waals surface area contributed by atoms with E-state index in [0.717, 1.165) is 5.56 Å². The van der Waals surface area contributed by atoms with E-state index in [4.69, 9.17) is 11.6 Å². The van der Waals surface area contributed by atoms with Crippen LogP contribution in [0.5, 0.6) is 0 Å². The second kappa shape index (κ2) is 6.49. The van der Waals surface area contributed by atoms with Gasteiger partial charge in [-0.15, -0.1) is 0 Å². The van der Waals surface area contributed by atoms with Gasteiger partial charge in [0.2, 0.25) is 0 Å². The molecule has 102 valence electrons. The Morgan fingerprint density at radius 3 is 1.90 bits per heavy atom. The Hall–Kier alpha value is -1.93. The van der Waals surface area contributed by atoms with Gasteiger partial charge in [0.15, 0.2) is 5.78 Å². The summed E-state index contributed by atoms with van der Waals surface area (Å²) in [5.41, 5.74) is 2.32. The van der Waals surface area contributed by atoms with Crippen molar-refractivity contribution < 1.29 is 9.59 Å². The molecule has 0 aliphatic rings. The van der Waals surface area contributed by atoms with Crippen molar-refractivity contribution in [1.82, 2.24) is 0 Å². The summed E-state index contributed by atoms with van der Waals surface area (Å²) in [7, 11) is 0. The van der Waals surface area contributed by atoms with Crippen LogP contribution in [-0.4, -0.2) is 11.6 Å². The molecule has 2 aromatic rings. The summed E-state index contributed by atoms with van der Waals surface area (Å²) in [6.45, 7) is 1.58. The summed E-state index contributed by atoms with van der Waals surface area (Å²) >= 11 is 5.80. The van der Waals surface area contributed by atoms with Crippen LogP contribution in [0.4, 0.5) is 0 Å². The summed E-state index contributed by atoms with van der Waals surface area (Å²) in [5, 5.41) is 0.612. The lowest BCUT2D eigenvalue weighted by Crippen LogP contribution is -2.01. The summed E-state index contributed by atoms with van der Waals surface area (Å²) in [5.74, 6) is 0.145. The van der Waals surface area contributed by atoms with Crippen LogP contribution in [0.15, 0.2) is 48.5 Å². The zero-order chi connectivity index (χ0) is 14.5. The van der Waals surface area contributed by atoms with Crippen molar-refractivity contribution in [2.75, 3.05) is 0 Å². The molecule has 0 bridgehead atoms. The molecule has 0 aliphatic carbocycles. The Morgan fingerprint density at radius 2 is 1.40 bits per heavy atom. The molecule has 0 radical (unpaired) electrons. The molecule has 0 spiro atoms. The van der Waals surface area contributed by atoms with Gasteiger partial charge in [-0.2, -0.15) is 0 Å². The lowest BCUT2D eigenvalue weighted by atomic mass is 10.0. The predicted molar refractivity (Wildman–Crippen MR) is 80.3 cm³/mol. The highest BCUT2D eigenvalue weighted by Crippen LogP contribution is 2.15. The number of rotatable bonds is 5. The molecule has 0 amide bonds. The minimum Gasteiger partial charge on any atom is -0.300 e. The van der Waals surface area contributed by atoms with Crippen molar-refractivity contribution in [2.24, 2.45) is 0 Å². The van der Waals surface area contributed by atoms with Crippen LogP contribution in [0.25, 0.3) is 0 Å². The molecule has 0 saturated heterocycles. The van der Waals surface area contributed by atoms with E-state index in [1.54, 1.807) is 43.3 Å². The quantitative estimate of drug-likeness (QED) is 0.776. The average Bonchev–Trinajstić information content (AvgIpc) is 2.46. The first-order valence-corrected chi connectivity index (χ1v) is 6.83. The fourth-order valence-corrected chi connectivity index (χ4v) is 2.04. The SMILES string of the molecule is CC(=O)CCc1ccc(C(=O)c2ccc(Cl)cc2)cc1. The van der Waals surface area contributed by atoms with E-state index < -0.39 is 0 Å². The molecule has 2 aromatic carbocycles. The van der Waals surface area contributed by atoms with Crippen molar-refractivity contribution in [3.05, 3.63) is 70.2 Å². The number of carbonyl (C=O) groups excluding carboxylic acids is 2. The highest BCUT2D eigenvalue weighted by molar-refractivity contribution is 6.30. The van der Waals surface area contributed by atoms with Gasteiger partial charge >= 0.3 is 0 Å². The Balaban J connectivity index is 2.11. The third kappa shape index (κ3) is 3.78. The molecule has 3 heteroatoms. The van der Waals surface area contributed by atoms with Crippen LogP contribution in [0.1, 0.15) is 34.8 Å². The van der Waals surface area contributed by atoms with Crippen molar-refractivity contribution in [2.45, 2.75) is 19.8 Å². The predicted octanol–water partition coefficient (Wildman–Crippen LogP) is 4.09. The van der Waals surface area contributed by atoms with E-state index in [1.165, 1.54) is 0 Å². The number of benzene rings is 2. The maximum atomic E-state index is 12.2. The van der Waals surface area contributed by atoms with E-state index in [1.807, 2.05) is 12.1 Å². The van der Waals surface area contributed by atoms with Crippen molar-refractivity contribution in [3.8, 4) is 0 Å². The molecular formula is C17H15ClO2. The fourth-order valence-electron chi connectivity index (χ4n) is 1.91. The summed E-state index contributed by atoms with van der Waals surface area (Å²) in [6, 6.07) is 14.2. The van der Waals surface area contributed by atoms with E-state index in [-0.39, 0.29) is 11.6 Å². The van der Waals surface area contributed by atoms with Crippen molar-refractivity contribution in [1.29, 1.82) is 0 Å². The maximum Gasteiger partial charge on any atom is 0.193 e. The molecule has 20 heavy (non-hydrogen) atoms. The number of halogens is 1. The van der Waals surface area contributed by atoms with Gasteiger partial charge < -0.3 is 4.79 Å². The number of ketones is 2. The van der Waals surface area contributed by atoms with Crippen LogP contribution in [0, 0.1) is 0 Å².